The maximum atomic E-state index is 9.03. The van der Waals surface area contributed by atoms with Gasteiger partial charge in [-0.05, 0) is 25.0 Å². The van der Waals surface area contributed by atoms with Crippen molar-refractivity contribution >= 4 is 11.0 Å². The first-order chi connectivity index (χ1) is 6.84. The van der Waals surface area contributed by atoms with Crippen LogP contribution >= 0.6 is 0 Å². The van der Waals surface area contributed by atoms with Crippen molar-refractivity contribution in [3.63, 3.8) is 0 Å². The number of para-hydroxylation sites is 2. The topological polar surface area (TPSA) is 52.5 Å². The number of H-pyrrole nitrogens is 1. The smallest absolute Gasteiger partial charge is 0.127 e. The summed E-state index contributed by atoms with van der Waals surface area (Å²) in [6, 6.07) is 10.2. The Labute approximate surface area is 81.4 Å². The van der Waals surface area contributed by atoms with E-state index in [0.717, 1.165) is 29.7 Å². The molecule has 3 nitrogen and oxygen atoms in total. The van der Waals surface area contributed by atoms with Crippen LogP contribution in [0.3, 0.4) is 0 Å². The number of fused-ring (bicyclic) bond motifs is 1. The minimum absolute atomic E-state index is 0.307. The van der Waals surface area contributed by atoms with Crippen molar-refractivity contribution in [1.82, 2.24) is 9.97 Å². The van der Waals surface area contributed by atoms with Gasteiger partial charge in [-0.1, -0.05) is 12.1 Å². The zero-order chi connectivity index (χ0) is 9.60. The van der Waals surface area contributed by atoms with Gasteiger partial charge in [-0.3, -0.25) is 0 Å². The van der Waals surface area contributed by atoms with Crippen LogP contribution in [0.25, 0.3) is 11.0 Å². The number of nitrogens with zero attached hydrogens (tertiary/aromatic N) is 2. The quantitative estimate of drug-likeness (QED) is 0.736. The first kappa shape index (κ1) is 7.57. The van der Waals surface area contributed by atoms with Gasteiger partial charge in [-0.25, -0.2) is 4.98 Å². The van der Waals surface area contributed by atoms with Crippen molar-refractivity contribution in [2.45, 2.75) is 18.3 Å². The summed E-state index contributed by atoms with van der Waals surface area (Å²) >= 11 is 0. The van der Waals surface area contributed by atoms with Gasteiger partial charge in [-0.2, -0.15) is 5.26 Å². The third-order valence-electron chi connectivity index (χ3n) is 2.81. The van der Waals surface area contributed by atoms with Gasteiger partial charge in [0, 0.05) is 0 Å². The summed E-state index contributed by atoms with van der Waals surface area (Å²) in [5.74, 6) is 0.834. The molecule has 2 aromatic rings. The first-order valence-electron chi connectivity index (χ1n) is 4.71. The van der Waals surface area contributed by atoms with E-state index in [1.54, 1.807) is 0 Å². The molecule has 1 aliphatic rings. The van der Waals surface area contributed by atoms with Gasteiger partial charge in [0.15, 0.2) is 0 Å². The van der Waals surface area contributed by atoms with E-state index in [1.807, 2.05) is 24.3 Å². The summed E-state index contributed by atoms with van der Waals surface area (Å²) in [4.78, 5) is 7.66. The van der Waals surface area contributed by atoms with E-state index in [0.29, 0.717) is 0 Å². The highest BCUT2D eigenvalue weighted by Crippen LogP contribution is 2.46. The molecule has 1 fully saturated rings. The maximum absolute atomic E-state index is 9.03. The number of aromatic amines is 1. The Bertz CT molecular complexity index is 496. The van der Waals surface area contributed by atoms with Crippen LogP contribution in [0.2, 0.25) is 0 Å². The lowest BCUT2D eigenvalue weighted by Crippen LogP contribution is -2.04. The summed E-state index contributed by atoms with van der Waals surface area (Å²) in [7, 11) is 0. The molecule has 1 aliphatic carbocycles. The molecule has 1 saturated carbocycles. The SMILES string of the molecule is N#CC1(c2nc3ccccc3[nH]2)CC1. The number of benzene rings is 1. The van der Waals surface area contributed by atoms with Crippen molar-refractivity contribution < 1.29 is 0 Å². The molecule has 1 aromatic heterocycles. The Morgan fingerprint density at radius 1 is 1.36 bits per heavy atom. The van der Waals surface area contributed by atoms with E-state index in [4.69, 9.17) is 5.26 Å². The summed E-state index contributed by atoms with van der Waals surface area (Å²) in [5.41, 5.74) is 1.66. The van der Waals surface area contributed by atoms with Gasteiger partial charge in [0.1, 0.15) is 11.2 Å². The van der Waals surface area contributed by atoms with Crippen LogP contribution in [0.4, 0.5) is 0 Å². The molecule has 0 saturated heterocycles. The molecule has 0 atom stereocenters. The Morgan fingerprint density at radius 2 is 2.14 bits per heavy atom. The second-order valence-electron chi connectivity index (χ2n) is 3.80. The molecule has 14 heavy (non-hydrogen) atoms. The molecule has 0 bridgehead atoms. The van der Waals surface area contributed by atoms with Crippen LogP contribution in [0.5, 0.6) is 0 Å². The Kier molecular flexibility index (Phi) is 1.27. The summed E-state index contributed by atoms with van der Waals surface area (Å²) in [6.45, 7) is 0. The fourth-order valence-corrected chi connectivity index (χ4v) is 1.71. The second-order valence-corrected chi connectivity index (χ2v) is 3.80. The van der Waals surface area contributed by atoms with Crippen LogP contribution in [-0.2, 0) is 5.41 Å². The molecule has 1 aromatic carbocycles. The highest BCUT2D eigenvalue weighted by molar-refractivity contribution is 5.75. The van der Waals surface area contributed by atoms with Crippen LogP contribution in [0.1, 0.15) is 18.7 Å². The van der Waals surface area contributed by atoms with Gasteiger partial charge >= 0.3 is 0 Å². The number of nitriles is 1. The molecule has 1 N–H and O–H groups in total. The van der Waals surface area contributed by atoms with E-state index in [2.05, 4.69) is 16.0 Å². The molecule has 68 valence electrons. The number of aromatic nitrogens is 2. The molecule has 0 amide bonds. The highest BCUT2D eigenvalue weighted by atomic mass is 15.0. The van der Waals surface area contributed by atoms with Crippen molar-refractivity contribution in [3.05, 3.63) is 30.1 Å². The molecular formula is C11H9N3. The summed E-state index contributed by atoms with van der Waals surface area (Å²) < 4.78 is 0. The van der Waals surface area contributed by atoms with Gasteiger partial charge in [0.25, 0.3) is 0 Å². The fourth-order valence-electron chi connectivity index (χ4n) is 1.71. The van der Waals surface area contributed by atoms with E-state index in [9.17, 15) is 0 Å². The van der Waals surface area contributed by atoms with Gasteiger partial charge in [0.2, 0.25) is 0 Å². The molecule has 0 spiro atoms. The van der Waals surface area contributed by atoms with E-state index in [-0.39, 0.29) is 5.41 Å². The Balaban J connectivity index is 2.21. The van der Waals surface area contributed by atoms with Crippen LogP contribution in [0, 0.1) is 11.3 Å². The number of rotatable bonds is 1. The normalized spacial score (nSPS) is 17.9. The number of imidazole rings is 1. The minimum Gasteiger partial charge on any atom is -0.341 e. The van der Waals surface area contributed by atoms with Crippen LogP contribution in [-0.4, -0.2) is 9.97 Å². The highest BCUT2D eigenvalue weighted by Gasteiger charge is 2.47. The van der Waals surface area contributed by atoms with Crippen molar-refractivity contribution in [2.24, 2.45) is 0 Å². The average Bonchev–Trinajstić information content (AvgIpc) is 2.91. The predicted molar refractivity (Wildman–Crippen MR) is 52.6 cm³/mol. The van der Waals surface area contributed by atoms with Crippen LogP contribution < -0.4 is 0 Å². The lowest BCUT2D eigenvalue weighted by molar-refractivity contribution is 0.827. The van der Waals surface area contributed by atoms with Crippen LogP contribution in [0.15, 0.2) is 24.3 Å². The largest absolute Gasteiger partial charge is 0.341 e. The second kappa shape index (κ2) is 2.36. The third kappa shape index (κ3) is 0.882. The number of hydrogen-bond acceptors (Lipinski definition) is 2. The first-order valence-corrected chi connectivity index (χ1v) is 4.71. The zero-order valence-electron chi connectivity index (χ0n) is 7.62. The summed E-state index contributed by atoms with van der Waals surface area (Å²) in [5, 5.41) is 9.03. The maximum Gasteiger partial charge on any atom is 0.127 e. The monoisotopic (exact) mass is 183 g/mol. The molecule has 1 heterocycles. The molecule has 0 radical (unpaired) electrons. The van der Waals surface area contributed by atoms with E-state index >= 15 is 0 Å². The van der Waals surface area contributed by atoms with Gasteiger partial charge in [-0.15, -0.1) is 0 Å². The van der Waals surface area contributed by atoms with Crippen molar-refractivity contribution in [2.75, 3.05) is 0 Å². The van der Waals surface area contributed by atoms with E-state index < -0.39 is 0 Å². The van der Waals surface area contributed by atoms with Crippen molar-refractivity contribution in [3.8, 4) is 6.07 Å². The number of hydrogen-bond donors (Lipinski definition) is 1. The number of nitrogens with one attached hydrogen (secondary N) is 1. The summed E-state index contributed by atoms with van der Waals surface area (Å²) in [6.07, 6.45) is 1.87. The molecule has 0 unspecified atom stereocenters. The minimum atomic E-state index is -0.307. The molecular weight excluding hydrogens is 174 g/mol. The predicted octanol–water partition coefficient (Wildman–Crippen LogP) is 2.12. The molecule has 3 rings (SSSR count). The van der Waals surface area contributed by atoms with E-state index in [1.165, 1.54) is 0 Å². The molecule has 0 aliphatic heterocycles. The molecule has 3 heteroatoms. The standard InChI is InChI=1S/C11H9N3/c12-7-11(5-6-11)10-13-8-3-1-2-4-9(8)14-10/h1-4H,5-6H2,(H,13,14). The Morgan fingerprint density at radius 3 is 2.79 bits per heavy atom. The lowest BCUT2D eigenvalue weighted by atomic mass is 10.1. The Hall–Kier alpha value is -1.82. The fraction of sp³-hybridized carbons (Fsp3) is 0.273. The average molecular weight is 183 g/mol. The lowest BCUT2D eigenvalue weighted by Gasteiger charge is -1.97. The van der Waals surface area contributed by atoms with Gasteiger partial charge < -0.3 is 4.98 Å². The van der Waals surface area contributed by atoms with Crippen molar-refractivity contribution in [1.29, 1.82) is 5.26 Å². The third-order valence-corrected chi connectivity index (χ3v) is 2.81. The van der Waals surface area contributed by atoms with Gasteiger partial charge in [0.05, 0.1) is 17.1 Å². The zero-order valence-corrected chi connectivity index (χ0v) is 7.62.